The molecular weight excluding hydrogens is 446 g/mol. The van der Waals surface area contributed by atoms with Crippen molar-refractivity contribution in [3.8, 4) is 0 Å². The zero-order valence-corrected chi connectivity index (χ0v) is 20.0. The highest BCUT2D eigenvalue weighted by molar-refractivity contribution is 7.91. The Labute approximate surface area is 198 Å². The van der Waals surface area contributed by atoms with E-state index in [0.29, 0.717) is 17.3 Å². The van der Waals surface area contributed by atoms with Crippen LogP contribution in [0.5, 0.6) is 0 Å². The minimum absolute atomic E-state index is 0.166. The summed E-state index contributed by atoms with van der Waals surface area (Å²) in [6, 6.07) is 22.6. The molecule has 0 saturated carbocycles. The molecular formula is C26H25N5O2S. The minimum Gasteiger partial charge on any atom is -0.340 e. The summed E-state index contributed by atoms with van der Waals surface area (Å²) in [7, 11) is -3.92. The number of anilines is 2. The van der Waals surface area contributed by atoms with Crippen molar-refractivity contribution in [2.75, 3.05) is 5.32 Å². The van der Waals surface area contributed by atoms with E-state index in [4.69, 9.17) is 4.98 Å². The second kappa shape index (κ2) is 8.53. The lowest BCUT2D eigenvalue weighted by atomic mass is 10.0. The molecule has 0 spiro atoms. The molecule has 7 nitrogen and oxygen atoms in total. The second-order valence-electron chi connectivity index (χ2n) is 8.51. The Hall–Kier alpha value is -3.78. The fourth-order valence-corrected chi connectivity index (χ4v) is 5.20. The van der Waals surface area contributed by atoms with Crippen LogP contribution >= 0.6 is 0 Å². The van der Waals surface area contributed by atoms with E-state index < -0.39 is 9.84 Å². The number of nitrogens with one attached hydrogen (secondary N) is 1. The maximum Gasteiger partial charge on any atom is 0.229 e. The molecule has 1 N–H and O–H groups in total. The smallest absolute Gasteiger partial charge is 0.229 e. The summed E-state index contributed by atoms with van der Waals surface area (Å²) in [6.45, 7) is 6.23. The monoisotopic (exact) mass is 471 g/mol. The van der Waals surface area contributed by atoms with Gasteiger partial charge in [-0.3, -0.25) is 0 Å². The van der Waals surface area contributed by atoms with Gasteiger partial charge < -0.3 is 5.32 Å². The lowest BCUT2D eigenvalue weighted by molar-refractivity contribution is 0.592. The largest absolute Gasteiger partial charge is 0.340 e. The van der Waals surface area contributed by atoms with Crippen LogP contribution in [0.15, 0.2) is 82.7 Å². The Kier molecular flexibility index (Phi) is 5.53. The molecule has 0 radical (unpaired) electrons. The SMILES string of the molecule is CCc1cccc(Nc2nc3c(S(=O)(=O)c4ccc(C(C)C)cc4)nnn3c3ccccc23)c1. The molecule has 0 atom stereocenters. The average Bonchev–Trinajstić information content (AvgIpc) is 3.29. The third kappa shape index (κ3) is 3.80. The van der Waals surface area contributed by atoms with Crippen LogP contribution in [-0.4, -0.2) is 28.2 Å². The van der Waals surface area contributed by atoms with Crippen LogP contribution in [0.4, 0.5) is 11.5 Å². The number of nitrogens with zero attached hydrogens (tertiary/aromatic N) is 4. The topological polar surface area (TPSA) is 89.2 Å². The normalized spacial score (nSPS) is 12.0. The number of hydrogen-bond donors (Lipinski definition) is 1. The van der Waals surface area contributed by atoms with Gasteiger partial charge in [0.1, 0.15) is 5.82 Å². The predicted octanol–water partition coefficient (Wildman–Crippen LogP) is 5.54. The molecule has 5 rings (SSSR count). The Bertz CT molecular complexity index is 1610. The molecule has 0 bridgehead atoms. The molecule has 0 fully saturated rings. The van der Waals surface area contributed by atoms with E-state index >= 15 is 0 Å². The van der Waals surface area contributed by atoms with Crippen LogP contribution in [0.25, 0.3) is 16.6 Å². The van der Waals surface area contributed by atoms with Crippen LogP contribution in [-0.2, 0) is 16.3 Å². The van der Waals surface area contributed by atoms with Crippen molar-refractivity contribution in [1.29, 1.82) is 0 Å². The van der Waals surface area contributed by atoms with E-state index in [1.165, 1.54) is 10.1 Å². The summed E-state index contributed by atoms with van der Waals surface area (Å²) >= 11 is 0. The van der Waals surface area contributed by atoms with Gasteiger partial charge in [0, 0.05) is 11.1 Å². The van der Waals surface area contributed by atoms with Crippen LogP contribution in [0, 0.1) is 0 Å². The van der Waals surface area contributed by atoms with Crippen molar-refractivity contribution in [2.24, 2.45) is 0 Å². The third-order valence-electron chi connectivity index (χ3n) is 5.93. The first-order chi connectivity index (χ1) is 16.4. The molecule has 34 heavy (non-hydrogen) atoms. The summed E-state index contributed by atoms with van der Waals surface area (Å²) < 4.78 is 28.5. The number of rotatable bonds is 6. The molecule has 0 saturated heterocycles. The molecule has 0 unspecified atom stereocenters. The van der Waals surface area contributed by atoms with Crippen LogP contribution < -0.4 is 5.32 Å². The van der Waals surface area contributed by atoms with Gasteiger partial charge in [-0.2, -0.15) is 4.52 Å². The first-order valence-electron chi connectivity index (χ1n) is 11.2. The summed E-state index contributed by atoms with van der Waals surface area (Å²) in [5.41, 5.74) is 4.03. The van der Waals surface area contributed by atoms with Crippen molar-refractivity contribution < 1.29 is 8.42 Å². The number of aryl methyl sites for hydroxylation is 1. The molecule has 3 aromatic carbocycles. The first kappa shape index (κ1) is 22.0. The van der Waals surface area contributed by atoms with E-state index in [9.17, 15) is 8.42 Å². The molecule has 0 amide bonds. The fraction of sp³-hybridized carbons (Fsp3) is 0.192. The van der Waals surface area contributed by atoms with E-state index in [0.717, 1.165) is 23.1 Å². The summed E-state index contributed by atoms with van der Waals surface area (Å²) in [6.07, 6.45) is 0.910. The Morgan fingerprint density at radius 2 is 1.74 bits per heavy atom. The molecule has 5 aromatic rings. The predicted molar refractivity (Wildman–Crippen MR) is 133 cm³/mol. The van der Waals surface area contributed by atoms with Gasteiger partial charge in [-0.1, -0.05) is 62.4 Å². The lowest BCUT2D eigenvalue weighted by Gasteiger charge is -2.11. The Balaban J connectivity index is 1.67. The zero-order valence-electron chi connectivity index (χ0n) is 19.2. The highest BCUT2D eigenvalue weighted by atomic mass is 32.2. The third-order valence-corrected chi connectivity index (χ3v) is 7.60. The average molecular weight is 472 g/mol. The zero-order chi connectivity index (χ0) is 23.9. The van der Waals surface area contributed by atoms with Crippen LogP contribution in [0.1, 0.15) is 37.8 Å². The van der Waals surface area contributed by atoms with Gasteiger partial charge in [-0.05, 0) is 59.9 Å². The highest BCUT2D eigenvalue weighted by Gasteiger charge is 2.27. The van der Waals surface area contributed by atoms with Crippen molar-refractivity contribution in [1.82, 2.24) is 19.8 Å². The number of benzene rings is 3. The van der Waals surface area contributed by atoms with Crippen molar-refractivity contribution in [3.63, 3.8) is 0 Å². The van der Waals surface area contributed by atoms with E-state index in [-0.39, 0.29) is 15.6 Å². The van der Waals surface area contributed by atoms with Crippen molar-refractivity contribution >= 4 is 37.9 Å². The van der Waals surface area contributed by atoms with Gasteiger partial charge in [-0.25, -0.2) is 13.4 Å². The van der Waals surface area contributed by atoms with Gasteiger partial charge in [0.05, 0.1) is 10.4 Å². The number of fused-ring (bicyclic) bond motifs is 3. The number of hydrogen-bond acceptors (Lipinski definition) is 6. The van der Waals surface area contributed by atoms with Crippen LogP contribution in [0.3, 0.4) is 0 Å². The van der Waals surface area contributed by atoms with Crippen LogP contribution in [0.2, 0.25) is 0 Å². The molecule has 8 heteroatoms. The van der Waals surface area contributed by atoms with Gasteiger partial charge >= 0.3 is 0 Å². The fourth-order valence-electron chi connectivity index (χ4n) is 3.96. The van der Waals surface area contributed by atoms with Crippen molar-refractivity contribution in [2.45, 2.75) is 43.0 Å². The quantitative estimate of drug-likeness (QED) is 0.350. The lowest BCUT2D eigenvalue weighted by Crippen LogP contribution is -2.06. The van der Waals surface area contributed by atoms with Gasteiger partial charge in [0.15, 0.2) is 5.65 Å². The standard InChI is InChI=1S/C26H25N5O2S/c1-4-18-8-7-9-20(16-18)27-24-22-10-5-6-11-23(22)31-25(28-24)26(29-30-31)34(32,33)21-14-12-19(13-15-21)17(2)3/h5-17H,4H2,1-3H3,(H,27,28). The Morgan fingerprint density at radius 1 is 0.971 bits per heavy atom. The summed E-state index contributed by atoms with van der Waals surface area (Å²) in [5.74, 6) is 0.852. The highest BCUT2D eigenvalue weighted by Crippen LogP contribution is 2.30. The van der Waals surface area contributed by atoms with Gasteiger partial charge in [0.25, 0.3) is 0 Å². The summed E-state index contributed by atoms with van der Waals surface area (Å²) in [5, 5.41) is 12.2. The summed E-state index contributed by atoms with van der Waals surface area (Å²) in [4.78, 5) is 4.87. The molecule has 2 heterocycles. The number of aromatic nitrogens is 4. The molecule has 0 aliphatic carbocycles. The van der Waals surface area contributed by atoms with E-state index in [1.807, 2.05) is 48.5 Å². The van der Waals surface area contributed by atoms with E-state index in [1.54, 1.807) is 12.1 Å². The molecule has 172 valence electrons. The number of para-hydroxylation sites is 1. The minimum atomic E-state index is -3.92. The number of sulfone groups is 1. The van der Waals surface area contributed by atoms with E-state index in [2.05, 4.69) is 48.5 Å². The second-order valence-corrected chi connectivity index (χ2v) is 10.4. The van der Waals surface area contributed by atoms with Gasteiger partial charge in [-0.15, -0.1) is 5.10 Å². The maximum atomic E-state index is 13.5. The molecule has 2 aromatic heterocycles. The maximum absolute atomic E-state index is 13.5. The first-order valence-corrected chi connectivity index (χ1v) is 12.7. The van der Waals surface area contributed by atoms with Crippen molar-refractivity contribution in [3.05, 3.63) is 83.9 Å². The van der Waals surface area contributed by atoms with Gasteiger partial charge in [0.2, 0.25) is 14.9 Å². The molecule has 0 aliphatic heterocycles. The Morgan fingerprint density at radius 3 is 2.47 bits per heavy atom. The molecule has 0 aliphatic rings.